The minimum Gasteiger partial charge on any atom is -0.351 e. The van der Waals surface area contributed by atoms with Gasteiger partial charge in [0.05, 0.1) is 24.8 Å². The number of aromatic nitrogens is 4. The number of nitrogens with zero attached hydrogens (tertiary/aromatic N) is 5. The van der Waals surface area contributed by atoms with Crippen LogP contribution in [0, 0.1) is 6.57 Å². The summed E-state index contributed by atoms with van der Waals surface area (Å²) >= 11 is 0. The third-order valence-electron chi connectivity index (χ3n) is 6.42. The molecule has 0 bridgehead atoms. The summed E-state index contributed by atoms with van der Waals surface area (Å²) in [5.74, 6) is -0.811. The number of anilines is 1. The summed E-state index contributed by atoms with van der Waals surface area (Å²) in [6.45, 7) is 13.9. The van der Waals surface area contributed by atoms with Crippen molar-refractivity contribution in [1.82, 2.24) is 25.3 Å². The summed E-state index contributed by atoms with van der Waals surface area (Å²) < 4.78 is 0. The van der Waals surface area contributed by atoms with Gasteiger partial charge in [0.2, 0.25) is 11.6 Å². The fourth-order valence-electron chi connectivity index (χ4n) is 4.47. The number of carbonyl (C=O) groups excluding carboxylic acids is 2. The molecule has 1 atom stereocenters. The van der Waals surface area contributed by atoms with Crippen molar-refractivity contribution < 1.29 is 9.59 Å². The van der Waals surface area contributed by atoms with E-state index in [0.29, 0.717) is 5.56 Å². The molecule has 0 aromatic carbocycles. The van der Waals surface area contributed by atoms with Crippen molar-refractivity contribution in [3.05, 3.63) is 77.7 Å². The third kappa shape index (κ3) is 5.43. The van der Waals surface area contributed by atoms with Crippen molar-refractivity contribution in [2.24, 2.45) is 0 Å². The van der Waals surface area contributed by atoms with Gasteiger partial charge in [-0.3, -0.25) is 24.5 Å². The van der Waals surface area contributed by atoms with E-state index in [1.54, 1.807) is 30.6 Å². The summed E-state index contributed by atoms with van der Waals surface area (Å²) in [4.78, 5) is 48.4. The maximum Gasteiger partial charge on any atom is 0.276 e. The Morgan fingerprint density at radius 1 is 1.17 bits per heavy atom. The van der Waals surface area contributed by atoms with Crippen LogP contribution >= 0.6 is 0 Å². The van der Waals surface area contributed by atoms with Crippen LogP contribution in [0.4, 0.5) is 11.4 Å². The Bertz CT molecular complexity index is 1240. The zero-order chi connectivity index (χ0) is 25.7. The standard InChI is InChI=1S/C27H31N7O2/c1-27(2,3)23-13-20(28-4)22(16-31-23)34(26(36)21-15-30-17-32-21)24(18-9-8-12-29-14-18)25(35)33-19-10-6-5-7-11-19/h8-9,12-17,19,24H,5-7,10-11H2,1-3H3,(H,30,32)(H,33,35). The highest BCUT2D eigenvalue weighted by molar-refractivity contribution is 6.10. The number of hydrogen-bond donors (Lipinski definition) is 2. The summed E-state index contributed by atoms with van der Waals surface area (Å²) in [5, 5.41) is 3.16. The Balaban J connectivity index is 1.86. The molecule has 3 heterocycles. The number of amides is 2. The molecule has 9 heteroatoms. The second kappa shape index (κ2) is 10.7. The lowest BCUT2D eigenvalue weighted by Gasteiger charge is -2.33. The Morgan fingerprint density at radius 2 is 1.94 bits per heavy atom. The minimum absolute atomic E-state index is 0.0382. The zero-order valence-corrected chi connectivity index (χ0v) is 20.9. The molecule has 3 aromatic rings. The van der Waals surface area contributed by atoms with E-state index in [1.165, 1.54) is 23.6 Å². The number of hydrogen-bond acceptors (Lipinski definition) is 5. The van der Waals surface area contributed by atoms with E-state index in [1.807, 2.05) is 20.8 Å². The van der Waals surface area contributed by atoms with Crippen LogP contribution < -0.4 is 10.2 Å². The van der Waals surface area contributed by atoms with Crippen LogP contribution in [-0.4, -0.2) is 37.8 Å². The molecule has 3 aromatic heterocycles. The van der Waals surface area contributed by atoms with Gasteiger partial charge in [0.15, 0.2) is 0 Å². The summed E-state index contributed by atoms with van der Waals surface area (Å²) in [5.41, 5.74) is 1.65. The maximum atomic E-state index is 13.9. The van der Waals surface area contributed by atoms with Gasteiger partial charge in [0.25, 0.3) is 5.91 Å². The molecule has 2 N–H and O–H groups in total. The molecule has 0 spiro atoms. The summed E-state index contributed by atoms with van der Waals surface area (Å²) in [7, 11) is 0. The largest absolute Gasteiger partial charge is 0.351 e. The van der Waals surface area contributed by atoms with E-state index in [-0.39, 0.29) is 34.4 Å². The van der Waals surface area contributed by atoms with Gasteiger partial charge in [-0.05, 0) is 25.0 Å². The van der Waals surface area contributed by atoms with E-state index >= 15 is 0 Å². The normalized spacial score (nSPS) is 15.1. The predicted molar refractivity (Wildman–Crippen MR) is 137 cm³/mol. The van der Waals surface area contributed by atoms with E-state index in [4.69, 9.17) is 6.57 Å². The van der Waals surface area contributed by atoms with Gasteiger partial charge in [-0.2, -0.15) is 0 Å². The molecule has 2 amide bonds. The molecule has 0 aliphatic heterocycles. The molecule has 0 saturated heterocycles. The number of aromatic amines is 1. The summed E-state index contributed by atoms with van der Waals surface area (Å²) in [6.07, 6.45) is 12.6. The highest BCUT2D eigenvalue weighted by Crippen LogP contribution is 2.38. The SMILES string of the molecule is [C-]#[N+]c1cc(C(C)(C)C)ncc1N(C(=O)c1cnc[nH]1)C(C(=O)NC1CCCCC1)c1cccnc1. The molecule has 186 valence electrons. The Morgan fingerprint density at radius 3 is 2.56 bits per heavy atom. The molecule has 1 unspecified atom stereocenters. The van der Waals surface area contributed by atoms with Gasteiger partial charge in [-0.25, -0.2) is 9.83 Å². The lowest BCUT2D eigenvalue weighted by atomic mass is 9.91. The van der Waals surface area contributed by atoms with Gasteiger partial charge in [0.1, 0.15) is 11.7 Å². The van der Waals surface area contributed by atoms with Crippen molar-refractivity contribution in [2.45, 2.75) is 70.4 Å². The average molecular weight is 486 g/mol. The highest BCUT2D eigenvalue weighted by atomic mass is 16.2. The van der Waals surface area contributed by atoms with Crippen LogP contribution in [0.1, 0.15) is 80.7 Å². The van der Waals surface area contributed by atoms with E-state index in [2.05, 4.69) is 30.1 Å². The lowest BCUT2D eigenvalue weighted by Crippen LogP contribution is -2.47. The van der Waals surface area contributed by atoms with E-state index in [9.17, 15) is 9.59 Å². The van der Waals surface area contributed by atoms with Gasteiger partial charge in [-0.15, -0.1) is 0 Å². The molecule has 1 saturated carbocycles. The minimum atomic E-state index is -1.06. The fraction of sp³-hybridized carbons (Fsp3) is 0.407. The lowest BCUT2D eigenvalue weighted by molar-refractivity contribution is -0.123. The first-order chi connectivity index (χ1) is 17.3. The molecular formula is C27H31N7O2. The van der Waals surface area contributed by atoms with Gasteiger partial charge >= 0.3 is 0 Å². The first-order valence-corrected chi connectivity index (χ1v) is 12.2. The monoisotopic (exact) mass is 485 g/mol. The van der Waals surface area contributed by atoms with Gasteiger partial charge < -0.3 is 10.3 Å². The molecule has 9 nitrogen and oxygen atoms in total. The number of carbonyl (C=O) groups is 2. The second-order valence-corrected chi connectivity index (χ2v) is 10.1. The van der Waals surface area contributed by atoms with E-state index < -0.39 is 11.9 Å². The molecule has 1 fully saturated rings. The van der Waals surface area contributed by atoms with Gasteiger partial charge in [0, 0.05) is 41.3 Å². The number of rotatable bonds is 6. The first kappa shape index (κ1) is 25.0. The van der Waals surface area contributed by atoms with E-state index in [0.717, 1.165) is 37.8 Å². The average Bonchev–Trinajstić information content (AvgIpc) is 3.42. The van der Waals surface area contributed by atoms with Crippen molar-refractivity contribution in [1.29, 1.82) is 0 Å². The quantitative estimate of drug-likeness (QED) is 0.484. The van der Waals surface area contributed by atoms with Gasteiger partial charge in [-0.1, -0.05) is 46.1 Å². The van der Waals surface area contributed by atoms with Crippen molar-refractivity contribution in [3.8, 4) is 0 Å². The number of imidazole rings is 1. The molecule has 0 radical (unpaired) electrons. The number of nitrogens with one attached hydrogen (secondary N) is 2. The first-order valence-electron chi connectivity index (χ1n) is 12.2. The van der Waals surface area contributed by atoms with Crippen LogP contribution in [-0.2, 0) is 10.2 Å². The fourth-order valence-corrected chi connectivity index (χ4v) is 4.47. The molecule has 1 aliphatic rings. The number of H-pyrrole nitrogens is 1. The topological polar surface area (TPSA) is 108 Å². The zero-order valence-electron chi connectivity index (χ0n) is 20.9. The molecule has 1 aliphatic carbocycles. The Kier molecular flexibility index (Phi) is 7.44. The Labute approximate surface area is 211 Å². The summed E-state index contributed by atoms with van der Waals surface area (Å²) in [6, 6.07) is 4.16. The van der Waals surface area contributed by atoms with Crippen molar-refractivity contribution >= 4 is 23.2 Å². The van der Waals surface area contributed by atoms with Crippen LogP contribution in [0.25, 0.3) is 4.85 Å². The smallest absolute Gasteiger partial charge is 0.276 e. The third-order valence-corrected chi connectivity index (χ3v) is 6.42. The number of pyridine rings is 2. The Hall–Kier alpha value is -4.06. The van der Waals surface area contributed by atoms with Crippen LogP contribution in [0.5, 0.6) is 0 Å². The molecular weight excluding hydrogens is 454 g/mol. The van der Waals surface area contributed by atoms with Crippen molar-refractivity contribution in [3.63, 3.8) is 0 Å². The van der Waals surface area contributed by atoms with Crippen molar-refractivity contribution in [2.75, 3.05) is 4.90 Å². The van der Waals surface area contributed by atoms with Crippen LogP contribution in [0.3, 0.4) is 0 Å². The maximum absolute atomic E-state index is 13.9. The second-order valence-electron chi connectivity index (χ2n) is 10.1. The molecule has 36 heavy (non-hydrogen) atoms. The highest BCUT2D eigenvalue weighted by Gasteiger charge is 2.37. The van der Waals surface area contributed by atoms with Crippen LogP contribution in [0.2, 0.25) is 0 Å². The van der Waals surface area contributed by atoms with Crippen LogP contribution in [0.15, 0.2) is 49.3 Å². The molecule has 4 rings (SSSR count). The predicted octanol–water partition coefficient (Wildman–Crippen LogP) is 4.88.